The van der Waals surface area contributed by atoms with Gasteiger partial charge in [-0.15, -0.1) is 0 Å². The Morgan fingerprint density at radius 2 is 1.90 bits per heavy atom. The summed E-state index contributed by atoms with van der Waals surface area (Å²) in [4.78, 5) is 52.9. The molecule has 0 unspecified atom stereocenters. The van der Waals surface area contributed by atoms with Crippen molar-refractivity contribution in [1.82, 2.24) is 0 Å². The molecule has 4 aliphatic carbocycles. The first kappa shape index (κ1) is 26.3. The van der Waals surface area contributed by atoms with Crippen molar-refractivity contribution in [1.29, 1.82) is 0 Å². The number of hydrogen-bond donors (Lipinski definition) is 1. The van der Waals surface area contributed by atoms with Gasteiger partial charge in [-0.05, 0) is 53.2 Å². The fraction of sp³-hybridized carbons (Fsp3) is 0.667. The summed E-state index contributed by atoms with van der Waals surface area (Å²) in [6.45, 7) is 9.15. The SMILES string of the molecule is COC(=O)C[C@]1(C)[C@@]2(C)[C@H]3CC[C@]4(C)C(=C3[C@@H](O)[C@@]3(OC(C)=O)C(=O)[C@]1(C)C[C@@H]32)CC(=O)O[C@H]4c1ccoc1. The molecule has 3 saturated carbocycles. The van der Waals surface area contributed by atoms with Crippen molar-refractivity contribution in [3.8, 4) is 0 Å². The smallest absolute Gasteiger partial charge is 0.310 e. The van der Waals surface area contributed by atoms with Gasteiger partial charge in [0, 0.05) is 29.2 Å². The molecule has 5 aliphatic rings. The quantitative estimate of drug-likeness (QED) is 0.344. The number of aliphatic hydroxyl groups excluding tert-OH is 1. The number of furan rings is 1. The van der Waals surface area contributed by atoms with Crippen molar-refractivity contribution >= 4 is 23.7 Å². The number of ketones is 1. The van der Waals surface area contributed by atoms with Crippen LogP contribution in [0.1, 0.15) is 78.4 Å². The number of fused-ring (bicyclic) bond motifs is 4. The van der Waals surface area contributed by atoms with Crippen LogP contribution in [0.15, 0.2) is 34.2 Å². The van der Waals surface area contributed by atoms with E-state index in [1.807, 2.05) is 20.8 Å². The molecule has 9 atom stereocenters. The molecule has 1 N–H and O–H groups in total. The zero-order valence-corrected chi connectivity index (χ0v) is 23.3. The monoisotopic (exact) mass is 540 g/mol. The number of cyclic esters (lactones) is 1. The van der Waals surface area contributed by atoms with Gasteiger partial charge in [-0.25, -0.2) is 0 Å². The second kappa shape index (κ2) is 7.83. The van der Waals surface area contributed by atoms with Crippen LogP contribution in [0.4, 0.5) is 0 Å². The molecule has 2 bridgehead atoms. The zero-order valence-electron chi connectivity index (χ0n) is 23.3. The Morgan fingerprint density at radius 3 is 2.51 bits per heavy atom. The van der Waals surface area contributed by atoms with E-state index in [9.17, 15) is 24.3 Å². The normalized spacial score (nSPS) is 45.9. The van der Waals surface area contributed by atoms with Crippen LogP contribution in [-0.2, 0) is 33.4 Å². The summed E-state index contributed by atoms with van der Waals surface area (Å²) < 4.78 is 22.2. The van der Waals surface area contributed by atoms with Gasteiger partial charge in [-0.1, -0.05) is 27.7 Å². The van der Waals surface area contributed by atoms with Crippen LogP contribution in [0.25, 0.3) is 0 Å². The van der Waals surface area contributed by atoms with Gasteiger partial charge in [-0.2, -0.15) is 0 Å². The van der Waals surface area contributed by atoms with Crippen molar-refractivity contribution in [3.05, 3.63) is 35.3 Å². The number of methoxy groups -OCH3 is 1. The number of esters is 3. The first-order chi connectivity index (χ1) is 18.2. The van der Waals surface area contributed by atoms with E-state index in [-0.39, 0.29) is 24.5 Å². The summed E-state index contributed by atoms with van der Waals surface area (Å²) in [6, 6.07) is 1.77. The van der Waals surface area contributed by atoms with E-state index in [2.05, 4.69) is 6.92 Å². The van der Waals surface area contributed by atoms with Gasteiger partial charge in [0.15, 0.2) is 5.78 Å². The Hall–Kier alpha value is -2.94. The average Bonchev–Trinajstić information content (AvgIpc) is 3.53. The summed E-state index contributed by atoms with van der Waals surface area (Å²) >= 11 is 0. The highest BCUT2D eigenvalue weighted by Gasteiger charge is 2.87. The number of carbonyl (C=O) groups is 4. The Bertz CT molecular complexity index is 1330. The predicted molar refractivity (Wildman–Crippen MR) is 135 cm³/mol. The van der Waals surface area contributed by atoms with Gasteiger partial charge in [-0.3, -0.25) is 19.2 Å². The molecular weight excluding hydrogens is 504 g/mol. The van der Waals surface area contributed by atoms with Gasteiger partial charge in [0.25, 0.3) is 0 Å². The molecule has 0 aromatic carbocycles. The lowest BCUT2D eigenvalue weighted by Crippen LogP contribution is -2.74. The van der Waals surface area contributed by atoms with Crippen molar-refractivity contribution in [2.75, 3.05) is 7.11 Å². The van der Waals surface area contributed by atoms with Gasteiger partial charge in [0.05, 0.1) is 32.5 Å². The van der Waals surface area contributed by atoms with Gasteiger partial charge >= 0.3 is 17.9 Å². The second-order valence-electron chi connectivity index (χ2n) is 13.1. The maximum absolute atomic E-state index is 14.5. The van der Waals surface area contributed by atoms with Crippen LogP contribution >= 0.6 is 0 Å². The molecule has 0 spiro atoms. The topological polar surface area (TPSA) is 129 Å². The van der Waals surface area contributed by atoms with Crippen LogP contribution in [-0.4, -0.2) is 47.6 Å². The molecule has 0 amide bonds. The molecule has 0 radical (unpaired) electrons. The molecule has 1 aromatic heterocycles. The van der Waals surface area contributed by atoms with E-state index in [1.165, 1.54) is 20.3 Å². The van der Waals surface area contributed by atoms with Crippen LogP contribution < -0.4 is 0 Å². The highest BCUT2D eigenvalue weighted by Crippen LogP contribution is 2.82. The van der Waals surface area contributed by atoms with Crippen LogP contribution in [0, 0.1) is 33.5 Å². The summed E-state index contributed by atoms with van der Waals surface area (Å²) in [5, 5.41) is 12.2. The first-order valence-corrected chi connectivity index (χ1v) is 13.7. The number of hydrogen-bond acceptors (Lipinski definition) is 9. The number of carbonyl (C=O) groups excluding carboxylic acids is 4. The molecule has 1 aliphatic heterocycles. The fourth-order valence-corrected chi connectivity index (χ4v) is 9.85. The zero-order chi connectivity index (χ0) is 28.3. The lowest BCUT2D eigenvalue weighted by atomic mass is 9.38. The highest BCUT2D eigenvalue weighted by atomic mass is 16.6. The third-order valence-corrected chi connectivity index (χ3v) is 11.9. The first-order valence-electron chi connectivity index (χ1n) is 13.7. The molecule has 210 valence electrons. The van der Waals surface area contributed by atoms with E-state index in [0.717, 1.165) is 11.1 Å². The number of rotatable bonds is 4. The fourth-order valence-electron chi connectivity index (χ4n) is 9.85. The van der Waals surface area contributed by atoms with Crippen LogP contribution in [0.3, 0.4) is 0 Å². The summed E-state index contributed by atoms with van der Waals surface area (Å²) in [7, 11) is 1.34. The van der Waals surface area contributed by atoms with E-state index >= 15 is 0 Å². The van der Waals surface area contributed by atoms with E-state index < -0.39 is 63.3 Å². The van der Waals surface area contributed by atoms with Gasteiger partial charge in [0.2, 0.25) is 5.60 Å². The molecule has 6 rings (SSSR count). The Balaban J connectivity index is 1.63. The predicted octanol–water partition coefficient (Wildman–Crippen LogP) is 3.84. The molecule has 39 heavy (non-hydrogen) atoms. The number of ether oxygens (including phenoxy) is 3. The number of aliphatic hydroxyl groups is 1. The minimum Gasteiger partial charge on any atom is -0.472 e. The van der Waals surface area contributed by atoms with Gasteiger partial charge < -0.3 is 23.7 Å². The van der Waals surface area contributed by atoms with Crippen molar-refractivity contribution in [2.24, 2.45) is 33.5 Å². The minimum atomic E-state index is -1.80. The molecule has 9 nitrogen and oxygen atoms in total. The van der Waals surface area contributed by atoms with Crippen molar-refractivity contribution < 1.29 is 42.9 Å². The van der Waals surface area contributed by atoms with Crippen LogP contribution in [0.5, 0.6) is 0 Å². The Labute approximate surface area is 227 Å². The van der Waals surface area contributed by atoms with E-state index in [0.29, 0.717) is 24.8 Å². The lowest BCUT2D eigenvalue weighted by Gasteiger charge is -2.67. The van der Waals surface area contributed by atoms with Crippen molar-refractivity contribution in [2.45, 2.75) is 84.5 Å². The summed E-state index contributed by atoms with van der Waals surface area (Å²) in [5.41, 5.74) is -3.02. The van der Waals surface area contributed by atoms with Crippen LogP contribution in [0.2, 0.25) is 0 Å². The Kier molecular flexibility index (Phi) is 5.28. The minimum absolute atomic E-state index is 0.0149. The molecule has 1 saturated heterocycles. The van der Waals surface area contributed by atoms with Crippen molar-refractivity contribution in [3.63, 3.8) is 0 Å². The molecule has 1 aromatic rings. The average molecular weight is 541 g/mol. The second-order valence-corrected chi connectivity index (χ2v) is 13.1. The maximum Gasteiger partial charge on any atom is 0.310 e. The highest BCUT2D eigenvalue weighted by molar-refractivity contribution is 6.01. The molecule has 4 fully saturated rings. The standard InChI is InChI=1S/C30H36O9/c1-15(31)39-30-19-12-27(3,25(30)35)28(4,13-21(33)36-6)29(19,5)17-7-9-26(2)18(22(17)23(30)34)11-20(32)38-24(26)16-8-10-37-14-16/h8,10,14,17,19,23-24,34H,7,9,11-13H2,1-6H3/t17-,19+,23+,24-,26+,27-,28-,29-,30+/m0/s1. The van der Waals surface area contributed by atoms with Gasteiger partial charge in [0.1, 0.15) is 12.2 Å². The Morgan fingerprint density at radius 1 is 1.18 bits per heavy atom. The number of Topliss-reactive ketones (excluding diaryl/α,β-unsaturated/α-hetero) is 1. The molecular formula is C30H36O9. The third-order valence-electron chi connectivity index (χ3n) is 11.9. The van der Waals surface area contributed by atoms with E-state index in [4.69, 9.17) is 18.6 Å². The maximum atomic E-state index is 14.5. The summed E-state index contributed by atoms with van der Waals surface area (Å²) in [6.07, 6.45) is 2.71. The third kappa shape index (κ3) is 2.80. The molecule has 2 heterocycles. The van der Waals surface area contributed by atoms with E-state index in [1.54, 1.807) is 12.3 Å². The lowest BCUT2D eigenvalue weighted by molar-refractivity contribution is -0.232. The molecule has 9 heteroatoms. The summed E-state index contributed by atoms with van der Waals surface area (Å²) in [5.74, 6) is -2.62. The largest absolute Gasteiger partial charge is 0.472 e.